The first-order valence-electron chi connectivity index (χ1n) is 35.0. The number of benzene rings is 2. The minimum Gasteiger partial charge on any atom is -0.550 e. The zero-order chi connectivity index (χ0) is 76.8. The van der Waals surface area contributed by atoms with Crippen LogP contribution in [-0.2, 0) is 59.4 Å². The number of thiophene rings is 2. The smallest absolute Gasteiger partial charge is 0.368 e. The summed E-state index contributed by atoms with van der Waals surface area (Å²) in [5, 5.41) is 124. The quantitative estimate of drug-likeness (QED) is 0.0325. The van der Waals surface area contributed by atoms with Crippen molar-refractivity contribution in [2.24, 2.45) is 40.5 Å². The number of carboxylic acid groups (broad SMARTS) is 1. The number of carboxylic acids is 1. The largest absolute Gasteiger partial charge is 0.550 e. The second kappa shape index (κ2) is 36.2. The summed E-state index contributed by atoms with van der Waals surface area (Å²) < 4.78 is 44.0. The van der Waals surface area contributed by atoms with Gasteiger partial charge in [-0.2, -0.15) is 27.2 Å². The number of esters is 4. The Hall–Kier alpha value is -1.71. The van der Waals surface area contributed by atoms with Crippen LogP contribution in [0.1, 0.15) is 146 Å². The first-order chi connectivity index (χ1) is 49.2. The fraction of sp³-hybridized carbons (Fsp3) is 0.538. The molecular formula is C78H93Ac4NO24S2. The van der Waals surface area contributed by atoms with Crippen molar-refractivity contribution < 1.29 is 299 Å². The summed E-state index contributed by atoms with van der Waals surface area (Å²) in [4.78, 5) is 93.6. The van der Waals surface area contributed by atoms with Crippen LogP contribution in [0.5, 0.6) is 5.88 Å². The van der Waals surface area contributed by atoms with Crippen LogP contribution in [0.2, 0.25) is 0 Å². The summed E-state index contributed by atoms with van der Waals surface area (Å²) in [6, 6.07) is 26.7. The van der Waals surface area contributed by atoms with Crippen LogP contribution in [-0.4, -0.2) is 196 Å². The van der Waals surface area contributed by atoms with E-state index in [-0.39, 0.29) is 243 Å². The average molecular weight is 2400 g/mol. The number of aliphatic hydroxyl groups is 9. The van der Waals surface area contributed by atoms with Crippen LogP contribution >= 0.6 is 22.7 Å². The second-order valence-electron chi connectivity index (χ2n) is 30.9. The number of hydrogen-bond donors (Lipinski definition) is 9. The normalized spacial score (nSPS) is 34.5. The Kier molecular flexibility index (Phi) is 31.4. The molecule has 2 aromatic carbocycles. The van der Waals surface area contributed by atoms with Gasteiger partial charge < -0.3 is 89.0 Å². The number of nitrogens with zero attached hydrogens (tertiary/aromatic N) is 1. The number of carbonyl (C=O) groups excluding carboxylic acids is 7. The standard InChI is InChI=1S/C41H48NO11S.C35H42O11S.C2H4O2.4Ac/c1-22(24-12-8-7-9-13-24)32(52-29-14-10-11-16-42(29)6)37(47)51-26-19-41(49)35(53-36(46)25-15-17-54-20-25)33-39(5,27(43)18-28-40(33,48)21-50-28)34(45)31(44)30(23(26)2)38(41,3)4;1-17(19-9-7-6-8-10-19)25(37)31(41)45-21-14-35(43)29(46-30(40)20-11-12-47-15-20)27-33(5,22(36)13-23-34(27,42)16-44-23)28(39)26(38)24(18(21)2)32(35,3)4;1-2(3)4;;;;/h7-17,20,22,26-28,31-33,35,43-44,48-49H,18-19,21H2,1-6H3;6-12,15,17,21-23,25-27,29,36-38,42-43H,13-14,16H2,1-5H3;1H3,(H,3,4);;;;/q+1;;;;;;/p-1/t22-,26?,27?,28?,31?,32?,33?,35?,39+,40-,41?;17-,21?,22?,23?,25?,26?,27?,29?,33+,34-,35?;;;;;/m00...../s1. The summed E-state index contributed by atoms with van der Waals surface area (Å²) in [7, 11) is 1.78. The molecule has 4 saturated carbocycles. The van der Waals surface area contributed by atoms with Crippen molar-refractivity contribution in [3.05, 3.63) is 163 Å². The van der Waals surface area contributed by atoms with Crippen LogP contribution in [0.4, 0.5) is 0 Å². The number of carbonyl (C=O) groups is 7. The third-order valence-electron chi connectivity index (χ3n) is 24.6. The maximum Gasteiger partial charge on any atom is 0.368 e. The molecule has 8 aliphatic rings. The fourth-order valence-electron chi connectivity index (χ4n) is 18.0. The first kappa shape index (κ1) is 94.4. The van der Waals surface area contributed by atoms with E-state index < -0.39 is 182 Å². The third kappa shape index (κ3) is 16.7. The number of aromatic nitrogens is 1. The van der Waals surface area contributed by atoms with Gasteiger partial charge in [0.1, 0.15) is 66.1 Å². The van der Waals surface area contributed by atoms with E-state index in [4.69, 9.17) is 43.1 Å². The number of aliphatic carboxylic acids is 1. The van der Waals surface area contributed by atoms with Crippen molar-refractivity contribution in [3.63, 3.8) is 0 Å². The number of ketones is 2. The van der Waals surface area contributed by atoms with Gasteiger partial charge in [0.05, 0.1) is 65.7 Å². The first-order valence-corrected chi connectivity index (χ1v) is 36.9. The maximum absolute atomic E-state index is 14.8. The molecule has 9 N–H and O–H groups in total. The molecule has 6 aliphatic carbocycles. The van der Waals surface area contributed by atoms with Crippen LogP contribution in [0.25, 0.3) is 0 Å². The summed E-state index contributed by atoms with van der Waals surface area (Å²) in [5.41, 5.74) is -12.2. The summed E-state index contributed by atoms with van der Waals surface area (Å²) in [5.74, 6) is -9.77. The topological polar surface area (TPSA) is 393 Å². The van der Waals surface area contributed by atoms with Crippen molar-refractivity contribution in [1.29, 1.82) is 0 Å². The zero-order valence-corrected chi connectivity index (χ0v) is 83.4. The van der Waals surface area contributed by atoms with Gasteiger partial charge in [-0.15, -0.1) is 0 Å². The summed E-state index contributed by atoms with van der Waals surface area (Å²) >= 11 is 2.51. The summed E-state index contributed by atoms with van der Waals surface area (Å²) in [6.45, 7) is 16.5. The molecule has 31 heteroatoms. The number of aliphatic hydroxyl groups excluding tert-OH is 5. The molecule has 109 heavy (non-hydrogen) atoms. The number of fused-ring (bicyclic) bond motifs is 10. The fourth-order valence-corrected chi connectivity index (χ4v) is 19.2. The number of rotatable bonds is 14. The van der Waals surface area contributed by atoms with Gasteiger partial charge in [-0.25, -0.2) is 19.2 Å². The van der Waals surface area contributed by atoms with Crippen LogP contribution in [0.3, 0.4) is 0 Å². The van der Waals surface area contributed by atoms with Gasteiger partial charge in [0.15, 0.2) is 23.9 Å². The van der Waals surface area contributed by atoms with Crippen LogP contribution in [0.15, 0.2) is 141 Å². The molecule has 4 radical (unpaired) electrons. The number of pyridine rings is 1. The van der Waals surface area contributed by atoms with Crippen molar-refractivity contribution >= 4 is 64.1 Å². The van der Waals surface area contributed by atoms with Gasteiger partial charge in [0.2, 0.25) is 6.10 Å². The minimum absolute atomic E-state index is 0. The molecule has 6 fully saturated rings. The molecular weight excluding hydrogens is 2310 g/mol. The van der Waals surface area contributed by atoms with Crippen LogP contribution in [0, 0.1) is 210 Å². The second-order valence-corrected chi connectivity index (χ2v) is 32.4. The van der Waals surface area contributed by atoms with E-state index in [1.54, 1.807) is 130 Å². The van der Waals surface area contributed by atoms with Gasteiger partial charge in [-0.3, -0.25) is 9.59 Å². The van der Waals surface area contributed by atoms with Gasteiger partial charge >= 0.3 is 29.8 Å². The SMILES string of the molecule is CC(=O)[O-].CC1=C2C(O)C(=O)[C@]3(C)C(O)CC4OC[C@@]4(O)C3C(OC(=O)c3ccsc3)C(O)(CC1OC(=O)C(O)[C@@H](C)c1ccccc1)C2(C)C.CC1=C2C(O)C(=O)[C@]3(C)C(O)CC4OC[C@@]4(O)C3C(OC(=O)c3ccsc3)C(O)(CC1OC(=O)C(Oc1cccc[n+]1C)[C@@H](C)c1ccccc1)C2(C)C.[Ac].[Ac].[Ac].[Ac]. The Bertz CT molecular complexity index is 4200. The van der Waals surface area contributed by atoms with Crippen molar-refractivity contribution in [2.75, 3.05) is 13.2 Å². The van der Waals surface area contributed by atoms with E-state index in [0.29, 0.717) is 17.0 Å². The number of Topliss-reactive ketones (excluding diaryl/α,β-unsaturated/α-hetero) is 2. The minimum atomic E-state index is -2.19. The number of hydrogen-bond acceptors (Lipinski definition) is 26. The van der Waals surface area contributed by atoms with Crippen LogP contribution < -0.4 is 14.4 Å². The monoisotopic (exact) mass is 2400 g/mol. The Morgan fingerprint density at radius 1 is 0.569 bits per heavy atom. The molecule has 3 aromatic heterocycles. The van der Waals surface area contributed by atoms with E-state index in [2.05, 4.69) is 0 Å². The van der Waals surface area contributed by atoms with Gasteiger partial charge in [0, 0.05) is 259 Å². The van der Waals surface area contributed by atoms with E-state index in [9.17, 15) is 74.7 Å². The Balaban J connectivity index is 0.000000281. The van der Waals surface area contributed by atoms with Gasteiger partial charge in [0.25, 0.3) is 0 Å². The summed E-state index contributed by atoms with van der Waals surface area (Å²) in [6.07, 6.45) is -16.3. The van der Waals surface area contributed by atoms with Crippen molar-refractivity contribution in [3.8, 4) is 5.88 Å². The Morgan fingerprint density at radius 3 is 1.30 bits per heavy atom. The van der Waals surface area contributed by atoms with Gasteiger partial charge in [-0.1, -0.05) is 102 Å². The number of ether oxygens (including phenoxy) is 7. The predicted molar refractivity (Wildman–Crippen MR) is 373 cm³/mol. The molecule has 0 spiro atoms. The molecule has 2 aliphatic heterocycles. The molecule has 16 unspecified atom stereocenters. The molecule has 5 aromatic rings. The van der Waals surface area contributed by atoms with E-state index >= 15 is 0 Å². The molecule has 0 amide bonds. The van der Waals surface area contributed by atoms with E-state index in [0.717, 1.165) is 12.5 Å². The molecule has 13 rings (SSSR count). The van der Waals surface area contributed by atoms with E-state index in [1.807, 2.05) is 49.4 Å². The molecule has 25 nitrogen and oxygen atoms in total. The molecule has 22 atom stereocenters. The van der Waals surface area contributed by atoms with Gasteiger partial charge in [-0.05, 0) is 97.0 Å². The molecule has 2 saturated heterocycles. The molecule has 578 valence electrons. The number of aryl methyl sites for hydroxylation is 1. The average Bonchev–Trinajstić information content (AvgIpc) is 1.01. The predicted octanol–water partition coefficient (Wildman–Crippen LogP) is 4.24. The van der Waals surface area contributed by atoms with Crippen molar-refractivity contribution in [2.45, 2.75) is 209 Å². The third-order valence-corrected chi connectivity index (χ3v) is 25.9. The Labute approximate surface area is 783 Å². The zero-order valence-electron chi connectivity index (χ0n) is 62.7. The van der Waals surface area contributed by atoms with Crippen molar-refractivity contribution in [1.82, 2.24) is 0 Å². The molecule has 5 heterocycles. The Morgan fingerprint density at radius 2 is 0.945 bits per heavy atom. The molecule has 4 bridgehead atoms. The maximum atomic E-state index is 14.8. The van der Waals surface area contributed by atoms with E-state index in [1.165, 1.54) is 42.6 Å².